The molecule has 3 rings (SSSR count). The van der Waals surface area contributed by atoms with Gasteiger partial charge in [-0.2, -0.15) is 0 Å². The van der Waals surface area contributed by atoms with Gasteiger partial charge in [-0.1, -0.05) is 31.5 Å². The van der Waals surface area contributed by atoms with Gasteiger partial charge in [0, 0.05) is 19.3 Å². The highest BCUT2D eigenvalue weighted by Gasteiger charge is 2.35. The SMILES string of the molecule is NC(=S)c1ncccc1N1CCC2(CCCCC2)CC1. The summed E-state index contributed by atoms with van der Waals surface area (Å²) < 4.78 is 0. The first-order valence-electron chi connectivity index (χ1n) is 7.70. The Balaban J connectivity index is 1.73. The number of hydrogen-bond acceptors (Lipinski definition) is 3. The van der Waals surface area contributed by atoms with Crippen molar-refractivity contribution in [3.05, 3.63) is 24.0 Å². The van der Waals surface area contributed by atoms with Crippen LogP contribution in [0.25, 0.3) is 0 Å². The smallest absolute Gasteiger partial charge is 0.124 e. The third-order valence-corrected chi connectivity index (χ3v) is 5.29. The minimum Gasteiger partial charge on any atom is -0.388 e. The fourth-order valence-electron chi connectivity index (χ4n) is 3.87. The molecule has 0 bridgehead atoms. The number of nitrogens with two attached hydrogens (primary N) is 1. The van der Waals surface area contributed by atoms with Crippen molar-refractivity contribution in [1.82, 2.24) is 4.98 Å². The van der Waals surface area contributed by atoms with Crippen LogP contribution in [-0.2, 0) is 0 Å². The van der Waals surface area contributed by atoms with Crippen LogP contribution < -0.4 is 10.6 Å². The molecule has 4 heteroatoms. The van der Waals surface area contributed by atoms with Gasteiger partial charge < -0.3 is 10.6 Å². The van der Waals surface area contributed by atoms with Crippen LogP contribution in [0.15, 0.2) is 18.3 Å². The summed E-state index contributed by atoms with van der Waals surface area (Å²) in [6.45, 7) is 2.22. The van der Waals surface area contributed by atoms with Crippen molar-refractivity contribution in [3.63, 3.8) is 0 Å². The summed E-state index contributed by atoms with van der Waals surface area (Å²) in [5, 5.41) is 0. The maximum Gasteiger partial charge on any atom is 0.124 e. The molecular weight excluding hydrogens is 266 g/mol. The Morgan fingerprint density at radius 1 is 1.15 bits per heavy atom. The van der Waals surface area contributed by atoms with E-state index in [1.807, 2.05) is 6.07 Å². The van der Waals surface area contributed by atoms with Crippen molar-refractivity contribution < 1.29 is 0 Å². The Kier molecular flexibility index (Phi) is 3.92. The van der Waals surface area contributed by atoms with Gasteiger partial charge in [-0.05, 0) is 43.2 Å². The molecule has 1 aliphatic carbocycles. The zero-order valence-electron chi connectivity index (χ0n) is 12.0. The monoisotopic (exact) mass is 289 g/mol. The third kappa shape index (κ3) is 2.66. The van der Waals surface area contributed by atoms with Gasteiger partial charge >= 0.3 is 0 Å². The Hall–Kier alpha value is -1.16. The van der Waals surface area contributed by atoms with Crippen molar-refractivity contribution in [2.24, 2.45) is 11.1 Å². The van der Waals surface area contributed by atoms with Crippen molar-refractivity contribution in [2.45, 2.75) is 44.9 Å². The summed E-state index contributed by atoms with van der Waals surface area (Å²) >= 11 is 5.13. The summed E-state index contributed by atoms with van der Waals surface area (Å²) in [5.41, 5.74) is 8.32. The molecule has 1 aromatic heterocycles. The minimum absolute atomic E-state index is 0.401. The Labute approximate surface area is 126 Å². The van der Waals surface area contributed by atoms with E-state index in [1.165, 1.54) is 44.9 Å². The number of thiocarbonyl (C=S) groups is 1. The highest BCUT2D eigenvalue weighted by molar-refractivity contribution is 7.80. The minimum atomic E-state index is 0.401. The van der Waals surface area contributed by atoms with Crippen LogP contribution in [0.4, 0.5) is 5.69 Å². The van der Waals surface area contributed by atoms with Gasteiger partial charge in [-0.25, -0.2) is 0 Å². The zero-order valence-corrected chi connectivity index (χ0v) is 12.8. The molecule has 108 valence electrons. The predicted octanol–water partition coefficient (Wildman–Crippen LogP) is 3.27. The topological polar surface area (TPSA) is 42.1 Å². The molecular formula is C16H23N3S. The molecule has 0 amide bonds. The second-order valence-corrected chi connectivity index (χ2v) is 6.72. The van der Waals surface area contributed by atoms with E-state index in [1.54, 1.807) is 6.20 Å². The van der Waals surface area contributed by atoms with Gasteiger partial charge in [0.05, 0.1) is 5.69 Å². The molecule has 2 N–H and O–H groups in total. The average Bonchev–Trinajstić information content (AvgIpc) is 2.49. The van der Waals surface area contributed by atoms with E-state index in [2.05, 4.69) is 16.0 Å². The molecule has 1 aromatic rings. The Morgan fingerprint density at radius 3 is 2.50 bits per heavy atom. The molecule has 1 aliphatic heterocycles. The normalized spacial score (nSPS) is 21.9. The van der Waals surface area contributed by atoms with Gasteiger partial charge in [0.15, 0.2) is 0 Å². The number of piperidine rings is 1. The van der Waals surface area contributed by atoms with E-state index in [4.69, 9.17) is 18.0 Å². The molecule has 2 fully saturated rings. The molecule has 20 heavy (non-hydrogen) atoms. The number of rotatable bonds is 2. The molecule has 3 nitrogen and oxygen atoms in total. The van der Waals surface area contributed by atoms with E-state index in [-0.39, 0.29) is 0 Å². The molecule has 0 atom stereocenters. The number of pyridine rings is 1. The summed E-state index contributed by atoms with van der Waals surface area (Å²) in [6, 6.07) is 4.07. The van der Waals surface area contributed by atoms with Crippen LogP contribution >= 0.6 is 12.2 Å². The average molecular weight is 289 g/mol. The van der Waals surface area contributed by atoms with Gasteiger partial charge in [0.1, 0.15) is 10.7 Å². The van der Waals surface area contributed by atoms with Crippen LogP contribution in [0.5, 0.6) is 0 Å². The molecule has 0 aromatic carbocycles. The van der Waals surface area contributed by atoms with E-state index in [0.29, 0.717) is 10.4 Å². The molecule has 2 aliphatic rings. The molecule has 1 saturated carbocycles. The van der Waals surface area contributed by atoms with Gasteiger partial charge in [0.2, 0.25) is 0 Å². The fourth-order valence-corrected chi connectivity index (χ4v) is 4.02. The number of anilines is 1. The van der Waals surface area contributed by atoms with Crippen LogP contribution in [-0.4, -0.2) is 23.1 Å². The van der Waals surface area contributed by atoms with E-state index in [9.17, 15) is 0 Å². The Morgan fingerprint density at radius 2 is 1.85 bits per heavy atom. The zero-order chi connectivity index (χ0) is 14.0. The van der Waals surface area contributed by atoms with Crippen LogP contribution in [0.1, 0.15) is 50.6 Å². The molecule has 1 saturated heterocycles. The van der Waals surface area contributed by atoms with E-state index in [0.717, 1.165) is 24.5 Å². The first kappa shape index (κ1) is 13.8. The number of hydrogen-bond donors (Lipinski definition) is 1. The summed E-state index contributed by atoms with van der Waals surface area (Å²) in [7, 11) is 0. The molecule has 0 unspecified atom stereocenters. The van der Waals surface area contributed by atoms with E-state index < -0.39 is 0 Å². The Bertz CT molecular complexity index is 484. The van der Waals surface area contributed by atoms with Crippen molar-refractivity contribution in [2.75, 3.05) is 18.0 Å². The van der Waals surface area contributed by atoms with Crippen molar-refractivity contribution in [3.8, 4) is 0 Å². The van der Waals surface area contributed by atoms with E-state index >= 15 is 0 Å². The van der Waals surface area contributed by atoms with Gasteiger partial charge in [-0.3, -0.25) is 4.98 Å². The maximum atomic E-state index is 5.80. The molecule has 2 heterocycles. The highest BCUT2D eigenvalue weighted by Crippen LogP contribution is 2.45. The van der Waals surface area contributed by atoms with Gasteiger partial charge in [-0.15, -0.1) is 0 Å². The fraction of sp³-hybridized carbons (Fsp3) is 0.625. The second kappa shape index (κ2) is 5.68. The third-order valence-electron chi connectivity index (χ3n) is 5.10. The number of aromatic nitrogens is 1. The lowest BCUT2D eigenvalue weighted by Gasteiger charge is -2.45. The predicted molar refractivity (Wildman–Crippen MR) is 87.1 cm³/mol. The van der Waals surface area contributed by atoms with Crippen molar-refractivity contribution >= 4 is 22.9 Å². The standard InChI is InChI=1S/C16H23N3S/c17-15(20)14-13(5-4-10-18-14)19-11-8-16(9-12-19)6-2-1-3-7-16/h4-5,10H,1-3,6-9,11-12H2,(H2,17,20). The van der Waals surface area contributed by atoms with Gasteiger partial charge in [0.25, 0.3) is 0 Å². The van der Waals surface area contributed by atoms with Crippen LogP contribution in [0, 0.1) is 5.41 Å². The number of nitrogens with zero attached hydrogens (tertiary/aromatic N) is 2. The van der Waals surface area contributed by atoms with Crippen LogP contribution in [0.3, 0.4) is 0 Å². The molecule has 0 radical (unpaired) electrons. The lowest BCUT2D eigenvalue weighted by atomic mass is 9.68. The van der Waals surface area contributed by atoms with Crippen LogP contribution in [0.2, 0.25) is 0 Å². The van der Waals surface area contributed by atoms with Crippen molar-refractivity contribution in [1.29, 1.82) is 0 Å². The first-order valence-corrected chi connectivity index (χ1v) is 8.11. The highest BCUT2D eigenvalue weighted by atomic mass is 32.1. The largest absolute Gasteiger partial charge is 0.388 e. The lowest BCUT2D eigenvalue weighted by Crippen LogP contribution is -2.41. The second-order valence-electron chi connectivity index (χ2n) is 6.28. The summed E-state index contributed by atoms with van der Waals surface area (Å²) in [6.07, 6.45) is 11.5. The quantitative estimate of drug-likeness (QED) is 0.849. The first-order chi connectivity index (χ1) is 9.70. The lowest BCUT2D eigenvalue weighted by molar-refractivity contribution is 0.144. The maximum absolute atomic E-state index is 5.80. The molecule has 1 spiro atoms. The summed E-state index contributed by atoms with van der Waals surface area (Å²) in [4.78, 5) is 7.17. The summed E-state index contributed by atoms with van der Waals surface area (Å²) in [5.74, 6) is 0.